The molecule has 0 aliphatic heterocycles. The maximum absolute atomic E-state index is 11.9. The fourth-order valence-electron chi connectivity index (χ4n) is 1.29. The fraction of sp³-hybridized carbons (Fsp3) is 0.833. The quantitative estimate of drug-likeness (QED) is 0.440. The van der Waals surface area contributed by atoms with Gasteiger partial charge in [-0.25, -0.2) is 0 Å². The molecular formula is C12H21F3O. The van der Waals surface area contributed by atoms with E-state index in [0.29, 0.717) is 12.3 Å². The zero-order valence-corrected chi connectivity index (χ0v) is 10.1. The Morgan fingerprint density at radius 1 is 1.12 bits per heavy atom. The van der Waals surface area contributed by atoms with E-state index in [0.717, 1.165) is 19.3 Å². The van der Waals surface area contributed by atoms with E-state index < -0.39 is 11.9 Å². The van der Waals surface area contributed by atoms with Crippen LogP contribution in [0.2, 0.25) is 0 Å². The number of alkyl halides is 3. The first kappa shape index (κ1) is 15.3. The smallest absolute Gasteiger partial charge is 0.448 e. The number of allylic oxidation sites excluding steroid dienone is 1. The molecule has 0 atom stereocenters. The van der Waals surface area contributed by atoms with Crippen LogP contribution in [0.1, 0.15) is 46.0 Å². The van der Waals surface area contributed by atoms with Gasteiger partial charge in [0.2, 0.25) is 0 Å². The minimum atomic E-state index is -4.42. The van der Waals surface area contributed by atoms with Crippen LogP contribution in [-0.4, -0.2) is 12.8 Å². The molecule has 1 nitrogen and oxygen atoms in total. The maximum atomic E-state index is 11.9. The van der Waals surface area contributed by atoms with Gasteiger partial charge in [0, 0.05) is 0 Å². The van der Waals surface area contributed by atoms with Crippen molar-refractivity contribution >= 4 is 0 Å². The molecule has 0 unspecified atom stereocenters. The van der Waals surface area contributed by atoms with Crippen LogP contribution >= 0.6 is 0 Å². The number of ether oxygens (including phenoxy) is 1. The van der Waals surface area contributed by atoms with E-state index in [4.69, 9.17) is 0 Å². The lowest BCUT2D eigenvalue weighted by Gasteiger charge is -2.11. The number of unbranched alkanes of at least 4 members (excludes halogenated alkanes) is 3. The average Bonchev–Trinajstić information content (AvgIpc) is 2.14. The van der Waals surface area contributed by atoms with Gasteiger partial charge in [0.1, 0.15) is 0 Å². The van der Waals surface area contributed by atoms with Crippen LogP contribution in [0.3, 0.4) is 0 Å². The highest BCUT2D eigenvalue weighted by atomic mass is 19.4. The Balaban J connectivity index is 3.31. The van der Waals surface area contributed by atoms with Gasteiger partial charge in [0.05, 0.1) is 6.61 Å². The van der Waals surface area contributed by atoms with Gasteiger partial charge in [-0.05, 0) is 12.3 Å². The minimum absolute atomic E-state index is 0.111. The summed E-state index contributed by atoms with van der Waals surface area (Å²) in [6, 6.07) is 0. The second kappa shape index (κ2) is 7.58. The molecule has 0 bridgehead atoms. The van der Waals surface area contributed by atoms with E-state index >= 15 is 0 Å². The van der Waals surface area contributed by atoms with E-state index in [-0.39, 0.29) is 6.61 Å². The Morgan fingerprint density at radius 3 is 2.19 bits per heavy atom. The second-order valence-electron chi connectivity index (χ2n) is 4.37. The van der Waals surface area contributed by atoms with Crippen molar-refractivity contribution in [1.82, 2.24) is 0 Å². The van der Waals surface area contributed by atoms with Crippen LogP contribution in [0.5, 0.6) is 0 Å². The molecule has 0 aliphatic rings. The van der Waals surface area contributed by atoms with Gasteiger partial charge < -0.3 is 4.74 Å². The second-order valence-corrected chi connectivity index (χ2v) is 4.37. The normalized spacial score (nSPS) is 11.9. The molecule has 0 aliphatic carbocycles. The third-order valence-corrected chi connectivity index (χ3v) is 2.27. The summed E-state index contributed by atoms with van der Waals surface area (Å²) in [6.07, 6.45) is 0.525. The molecule has 0 rings (SSSR count). The lowest BCUT2D eigenvalue weighted by Crippen LogP contribution is -2.14. The molecule has 4 heteroatoms. The summed E-state index contributed by atoms with van der Waals surface area (Å²) in [7, 11) is 0. The molecule has 0 saturated carbocycles. The van der Waals surface area contributed by atoms with Gasteiger partial charge >= 0.3 is 6.18 Å². The van der Waals surface area contributed by atoms with Crippen molar-refractivity contribution in [2.45, 2.75) is 52.1 Å². The van der Waals surface area contributed by atoms with Crippen LogP contribution in [0.15, 0.2) is 12.3 Å². The zero-order chi connectivity index (χ0) is 12.6. The van der Waals surface area contributed by atoms with Gasteiger partial charge in [-0.1, -0.05) is 46.1 Å². The number of halogens is 3. The highest BCUT2D eigenvalue weighted by molar-refractivity contribution is 4.91. The predicted octanol–water partition coefficient (Wildman–Crippen LogP) is 4.69. The summed E-state index contributed by atoms with van der Waals surface area (Å²) in [5.41, 5.74) is 0. The molecule has 0 amide bonds. The summed E-state index contributed by atoms with van der Waals surface area (Å²) in [5, 5.41) is 0. The monoisotopic (exact) mass is 238 g/mol. The van der Waals surface area contributed by atoms with Crippen molar-refractivity contribution in [2.24, 2.45) is 5.92 Å². The van der Waals surface area contributed by atoms with E-state index in [1.54, 1.807) is 0 Å². The standard InChI is InChI=1S/C12H21F3O/c1-10(2)8-6-4-5-7-9-16-11(3)12(13,14)15/h10H,3-9H2,1-2H3. The molecular weight excluding hydrogens is 217 g/mol. The first-order chi connectivity index (χ1) is 7.34. The minimum Gasteiger partial charge on any atom is -0.489 e. The van der Waals surface area contributed by atoms with Crippen LogP contribution < -0.4 is 0 Å². The zero-order valence-electron chi connectivity index (χ0n) is 10.1. The lowest BCUT2D eigenvalue weighted by molar-refractivity contribution is -0.130. The lowest BCUT2D eigenvalue weighted by atomic mass is 10.0. The van der Waals surface area contributed by atoms with Gasteiger partial charge in [-0.3, -0.25) is 0 Å². The molecule has 0 heterocycles. The first-order valence-corrected chi connectivity index (χ1v) is 5.73. The van der Waals surface area contributed by atoms with Crippen molar-refractivity contribution in [3.63, 3.8) is 0 Å². The molecule has 0 fully saturated rings. The third-order valence-electron chi connectivity index (χ3n) is 2.27. The molecule has 16 heavy (non-hydrogen) atoms. The van der Waals surface area contributed by atoms with E-state index in [1.807, 2.05) is 0 Å². The summed E-state index contributed by atoms with van der Waals surface area (Å²) >= 11 is 0. The molecule has 96 valence electrons. The number of rotatable bonds is 8. The van der Waals surface area contributed by atoms with Gasteiger partial charge in [0.25, 0.3) is 0 Å². The van der Waals surface area contributed by atoms with Crippen molar-refractivity contribution in [2.75, 3.05) is 6.61 Å². The molecule has 0 N–H and O–H groups in total. The van der Waals surface area contributed by atoms with Crippen molar-refractivity contribution < 1.29 is 17.9 Å². The van der Waals surface area contributed by atoms with Crippen molar-refractivity contribution in [3.8, 4) is 0 Å². The maximum Gasteiger partial charge on any atom is 0.448 e. The summed E-state index contributed by atoms with van der Waals surface area (Å²) in [5.74, 6) is -0.393. The summed E-state index contributed by atoms with van der Waals surface area (Å²) in [6.45, 7) is 7.27. The molecule has 0 radical (unpaired) electrons. The topological polar surface area (TPSA) is 9.23 Å². The Hall–Kier alpha value is -0.670. The molecule has 0 aromatic heterocycles. The summed E-state index contributed by atoms with van der Waals surface area (Å²) in [4.78, 5) is 0. The van der Waals surface area contributed by atoms with Crippen LogP contribution in [0, 0.1) is 5.92 Å². The van der Waals surface area contributed by atoms with E-state index in [9.17, 15) is 13.2 Å². The number of hydrogen-bond acceptors (Lipinski definition) is 1. The van der Waals surface area contributed by atoms with Crippen LogP contribution in [0.25, 0.3) is 0 Å². The van der Waals surface area contributed by atoms with Gasteiger partial charge in [-0.2, -0.15) is 13.2 Å². The average molecular weight is 238 g/mol. The van der Waals surface area contributed by atoms with Crippen molar-refractivity contribution in [3.05, 3.63) is 12.3 Å². The Kier molecular flexibility index (Phi) is 7.26. The third kappa shape index (κ3) is 8.62. The highest BCUT2D eigenvalue weighted by Gasteiger charge is 2.33. The van der Waals surface area contributed by atoms with Gasteiger partial charge in [-0.15, -0.1) is 0 Å². The van der Waals surface area contributed by atoms with Crippen LogP contribution in [-0.2, 0) is 4.74 Å². The Labute approximate surface area is 95.7 Å². The molecule has 0 spiro atoms. The van der Waals surface area contributed by atoms with Gasteiger partial charge in [0.15, 0.2) is 5.76 Å². The first-order valence-electron chi connectivity index (χ1n) is 5.73. The highest BCUT2D eigenvalue weighted by Crippen LogP contribution is 2.24. The molecule has 0 aromatic carbocycles. The SMILES string of the molecule is C=C(OCCCCCCC(C)C)C(F)(F)F. The Morgan fingerprint density at radius 2 is 1.69 bits per heavy atom. The van der Waals surface area contributed by atoms with E-state index in [2.05, 4.69) is 25.2 Å². The summed E-state index contributed by atoms with van der Waals surface area (Å²) < 4.78 is 40.3. The largest absolute Gasteiger partial charge is 0.489 e. The fourth-order valence-corrected chi connectivity index (χ4v) is 1.29. The number of hydrogen-bond donors (Lipinski definition) is 0. The van der Waals surface area contributed by atoms with Crippen molar-refractivity contribution in [1.29, 1.82) is 0 Å². The molecule has 0 aromatic rings. The van der Waals surface area contributed by atoms with E-state index in [1.165, 1.54) is 6.42 Å². The predicted molar refractivity (Wildman–Crippen MR) is 59.1 cm³/mol. The van der Waals surface area contributed by atoms with Crippen LogP contribution in [0.4, 0.5) is 13.2 Å². The molecule has 0 saturated heterocycles. The Bertz CT molecular complexity index is 197.